The number of nitrogens with zero attached hydrogens (tertiary/aromatic N) is 2. The number of halogens is 1. The van der Waals surface area contributed by atoms with Crippen molar-refractivity contribution in [2.24, 2.45) is 4.99 Å². The Kier molecular flexibility index (Phi) is 7.70. The number of hydrogen-bond acceptors (Lipinski definition) is 3. The van der Waals surface area contributed by atoms with Gasteiger partial charge in [0.1, 0.15) is 0 Å². The van der Waals surface area contributed by atoms with E-state index in [1.54, 1.807) is 18.4 Å². The molecule has 0 saturated carbocycles. The maximum absolute atomic E-state index is 12.4. The molecule has 3 rings (SSSR count). The summed E-state index contributed by atoms with van der Waals surface area (Å²) in [6.45, 7) is 2.44. The van der Waals surface area contributed by atoms with Gasteiger partial charge < -0.3 is 15.5 Å². The monoisotopic (exact) mass is 470 g/mol. The molecule has 7 heteroatoms. The first-order chi connectivity index (χ1) is 11.8. The summed E-state index contributed by atoms with van der Waals surface area (Å²) < 4.78 is 0. The van der Waals surface area contributed by atoms with E-state index in [0.29, 0.717) is 19.0 Å². The number of thiophene rings is 1. The van der Waals surface area contributed by atoms with Crippen molar-refractivity contribution in [1.82, 2.24) is 15.5 Å². The first-order valence-corrected chi connectivity index (χ1v) is 8.95. The van der Waals surface area contributed by atoms with Crippen molar-refractivity contribution in [3.63, 3.8) is 0 Å². The summed E-state index contributed by atoms with van der Waals surface area (Å²) >= 11 is 1.70. The van der Waals surface area contributed by atoms with Crippen LogP contribution in [0.1, 0.15) is 16.0 Å². The molecule has 0 saturated heterocycles. The van der Waals surface area contributed by atoms with Gasteiger partial charge in [-0.3, -0.25) is 9.79 Å². The molecule has 0 spiro atoms. The molecule has 2 heterocycles. The summed E-state index contributed by atoms with van der Waals surface area (Å²) in [5.74, 6) is 0.748. The van der Waals surface area contributed by atoms with Gasteiger partial charge in [-0.05, 0) is 29.0 Å². The largest absolute Gasteiger partial charge is 0.352 e. The molecule has 134 valence electrons. The lowest BCUT2D eigenvalue weighted by atomic mass is 10.00. The second-order valence-corrected chi connectivity index (χ2v) is 6.72. The lowest BCUT2D eigenvalue weighted by Gasteiger charge is -2.29. The van der Waals surface area contributed by atoms with Gasteiger partial charge in [0, 0.05) is 25.0 Å². The summed E-state index contributed by atoms with van der Waals surface area (Å²) in [6.07, 6.45) is 0.924. The number of carbonyl (C=O) groups is 1. The van der Waals surface area contributed by atoms with Gasteiger partial charge in [-0.25, -0.2) is 0 Å². The Morgan fingerprint density at radius 1 is 1.20 bits per heavy atom. The van der Waals surface area contributed by atoms with Crippen LogP contribution in [-0.2, 0) is 24.3 Å². The van der Waals surface area contributed by atoms with E-state index in [4.69, 9.17) is 0 Å². The van der Waals surface area contributed by atoms with Crippen molar-refractivity contribution in [1.29, 1.82) is 0 Å². The fraction of sp³-hybridized carbons (Fsp3) is 0.333. The molecule has 25 heavy (non-hydrogen) atoms. The Morgan fingerprint density at radius 3 is 2.72 bits per heavy atom. The number of fused-ring (bicyclic) bond motifs is 1. The Bertz CT molecular complexity index is 718. The maximum Gasteiger partial charge on any atom is 0.242 e. The molecule has 0 radical (unpaired) electrons. The molecule has 1 aliphatic rings. The molecule has 0 atom stereocenters. The molecule has 1 aromatic carbocycles. The first-order valence-electron chi connectivity index (χ1n) is 8.07. The van der Waals surface area contributed by atoms with Crippen LogP contribution in [0.2, 0.25) is 0 Å². The highest BCUT2D eigenvalue weighted by Crippen LogP contribution is 2.18. The molecule has 2 aromatic rings. The number of aliphatic imine (C=N–C) groups is 1. The van der Waals surface area contributed by atoms with E-state index < -0.39 is 0 Å². The molecule has 0 fully saturated rings. The van der Waals surface area contributed by atoms with Crippen LogP contribution in [0.25, 0.3) is 0 Å². The third-order valence-electron chi connectivity index (χ3n) is 4.12. The number of guanidine groups is 1. The Labute approximate surface area is 169 Å². The zero-order valence-corrected chi connectivity index (χ0v) is 17.3. The second-order valence-electron chi connectivity index (χ2n) is 5.69. The molecule has 1 amide bonds. The van der Waals surface area contributed by atoms with E-state index in [2.05, 4.69) is 39.9 Å². The summed E-state index contributed by atoms with van der Waals surface area (Å²) in [5, 5.41) is 8.38. The third-order valence-corrected chi connectivity index (χ3v) is 5.00. The van der Waals surface area contributed by atoms with Crippen molar-refractivity contribution >= 4 is 47.2 Å². The van der Waals surface area contributed by atoms with Gasteiger partial charge in [0.05, 0.1) is 13.1 Å². The quantitative estimate of drug-likeness (QED) is 0.411. The SMILES string of the molecule is CN=C(NCC(=O)N1CCc2ccccc2C1)NCc1cccs1.I. The average Bonchev–Trinajstić information content (AvgIpc) is 3.14. The molecule has 2 N–H and O–H groups in total. The molecule has 0 aliphatic carbocycles. The smallest absolute Gasteiger partial charge is 0.242 e. The second kappa shape index (κ2) is 9.76. The van der Waals surface area contributed by atoms with Crippen LogP contribution < -0.4 is 10.6 Å². The molecule has 1 aliphatic heterocycles. The highest BCUT2D eigenvalue weighted by Gasteiger charge is 2.20. The number of benzene rings is 1. The molecular weight excluding hydrogens is 447 g/mol. The van der Waals surface area contributed by atoms with Crippen molar-refractivity contribution in [3.8, 4) is 0 Å². The highest BCUT2D eigenvalue weighted by molar-refractivity contribution is 14.0. The standard InChI is InChI=1S/C18H22N4OS.HI/c1-19-18(20-11-16-7-4-10-24-16)21-12-17(23)22-9-8-14-5-2-3-6-15(14)13-22;/h2-7,10H,8-9,11-13H2,1H3,(H2,19,20,21);1H. The van der Waals surface area contributed by atoms with Crippen molar-refractivity contribution in [3.05, 3.63) is 57.8 Å². The van der Waals surface area contributed by atoms with Crippen LogP contribution in [0, 0.1) is 0 Å². The van der Waals surface area contributed by atoms with Crippen LogP contribution >= 0.6 is 35.3 Å². The van der Waals surface area contributed by atoms with Crippen LogP contribution in [-0.4, -0.2) is 36.9 Å². The fourth-order valence-electron chi connectivity index (χ4n) is 2.78. The Hall–Kier alpha value is -1.61. The Morgan fingerprint density at radius 2 is 2.00 bits per heavy atom. The van der Waals surface area contributed by atoms with E-state index in [1.807, 2.05) is 22.4 Å². The number of nitrogens with one attached hydrogen (secondary N) is 2. The van der Waals surface area contributed by atoms with Crippen LogP contribution in [0.5, 0.6) is 0 Å². The minimum atomic E-state index is 0. The van der Waals surface area contributed by atoms with Gasteiger partial charge in [0.25, 0.3) is 0 Å². The predicted octanol–water partition coefficient (Wildman–Crippen LogP) is 2.62. The topological polar surface area (TPSA) is 56.7 Å². The normalized spacial score (nSPS) is 13.6. The van der Waals surface area contributed by atoms with Crippen LogP contribution in [0.3, 0.4) is 0 Å². The van der Waals surface area contributed by atoms with Crippen molar-refractivity contribution < 1.29 is 4.79 Å². The van der Waals surface area contributed by atoms with Gasteiger partial charge in [-0.15, -0.1) is 35.3 Å². The van der Waals surface area contributed by atoms with Crippen molar-refractivity contribution in [2.75, 3.05) is 20.1 Å². The number of hydrogen-bond donors (Lipinski definition) is 2. The fourth-order valence-corrected chi connectivity index (χ4v) is 3.43. The van der Waals surface area contributed by atoms with Crippen molar-refractivity contribution in [2.45, 2.75) is 19.5 Å². The summed E-state index contributed by atoms with van der Waals surface area (Å²) in [4.78, 5) is 19.8. The molecular formula is C18H23IN4OS. The lowest BCUT2D eigenvalue weighted by molar-refractivity contribution is -0.130. The van der Waals surface area contributed by atoms with Crippen LogP contribution in [0.4, 0.5) is 0 Å². The molecule has 5 nitrogen and oxygen atoms in total. The van der Waals surface area contributed by atoms with Gasteiger partial charge in [-0.1, -0.05) is 30.3 Å². The minimum absolute atomic E-state index is 0. The van der Waals surface area contributed by atoms with Gasteiger partial charge >= 0.3 is 0 Å². The molecule has 0 unspecified atom stereocenters. The van der Waals surface area contributed by atoms with E-state index in [0.717, 1.165) is 13.0 Å². The molecule has 1 aromatic heterocycles. The highest BCUT2D eigenvalue weighted by atomic mass is 127. The molecule has 0 bridgehead atoms. The lowest BCUT2D eigenvalue weighted by Crippen LogP contribution is -2.45. The predicted molar refractivity (Wildman–Crippen MR) is 113 cm³/mol. The number of carbonyl (C=O) groups excluding carboxylic acids is 1. The summed E-state index contributed by atoms with van der Waals surface area (Å²) in [7, 11) is 1.71. The average molecular weight is 470 g/mol. The number of amides is 1. The summed E-state index contributed by atoms with van der Waals surface area (Å²) in [5.41, 5.74) is 2.60. The van der Waals surface area contributed by atoms with Gasteiger partial charge in [0.15, 0.2) is 5.96 Å². The number of rotatable bonds is 4. The zero-order valence-electron chi connectivity index (χ0n) is 14.2. The van der Waals surface area contributed by atoms with E-state index >= 15 is 0 Å². The zero-order chi connectivity index (χ0) is 16.8. The van der Waals surface area contributed by atoms with Gasteiger partial charge in [0.2, 0.25) is 5.91 Å². The van der Waals surface area contributed by atoms with E-state index in [1.165, 1.54) is 16.0 Å². The minimum Gasteiger partial charge on any atom is -0.352 e. The van der Waals surface area contributed by atoms with Gasteiger partial charge in [-0.2, -0.15) is 0 Å². The third kappa shape index (κ3) is 5.43. The Balaban J connectivity index is 0.00000225. The summed E-state index contributed by atoms with van der Waals surface area (Å²) in [6, 6.07) is 12.4. The first kappa shape index (κ1) is 19.7. The van der Waals surface area contributed by atoms with E-state index in [9.17, 15) is 4.79 Å². The maximum atomic E-state index is 12.4. The van der Waals surface area contributed by atoms with E-state index in [-0.39, 0.29) is 36.4 Å². The van der Waals surface area contributed by atoms with Crippen LogP contribution in [0.15, 0.2) is 46.8 Å².